The van der Waals surface area contributed by atoms with Crippen molar-refractivity contribution in [3.05, 3.63) is 59.2 Å². The Hall–Kier alpha value is -3.51. The van der Waals surface area contributed by atoms with E-state index in [1.807, 2.05) is 50.2 Å². The maximum absolute atomic E-state index is 14.0. The van der Waals surface area contributed by atoms with Crippen LogP contribution in [0.3, 0.4) is 0 Å². The topological polar surface area (TPSA) is 137 Å². The van der Waals surface area contributed by atoms with Crippen molar-refractivity contribution >= 4 is 38.0 Å². The Morgan fingerprint density at radius 3 is 2.49 bits per heavy atom. The molecule has 1 atom stereocenters. The van der Waals surface area contributed by atoms with E-state index in [0.29, 0.717) is 46.7 Å². The normalized spacial score (nSPS) is 20.6. The summed E-state index contributed by atoms with van der Waals surface area (Å²) in [4.78, 5) is 19.0. The summed E-state index contributed by atoms with van der Waals surface area (Å²) in [6, 6.07) is 12.7. The first kappa shape index (κ1) is 31.5. The number of amides is 1. The molecular weight excluding hydrogens is 592 g/mol. The molecule has 0 spiro atoms. The second-order valence-corrected chi connectivity index (χ2v) is 15.4. The fourth-order valence-corrected chi connectivity index (χ4v) is 8.31. The number of ether oxygens (including phenoxy) is 2. The molecule has 0 aliphatic carbocycles. The molecule has 3 N–H and O–H groups in total. The van der Waals surface area contributed by atoms with Gasteiger partial charge in [0.1, 0.15) is 17.0 Å². The first-order valence-electron chi connectivity index (χ1n) is 15.5. The molecule has 10 nitrogen and oxygen atoms in total. The van der Waals surface area contributed by atoms with Gasteiger partial charge in [0.05, 0.1) is 34.3 Å². The molecule has 4 heterocycles. The van der Waals surface area contributed by atoms with Gasteiger partial charge in [-0.05, 0) is 90.5 Å². The van der Waals surface area contributed by atoms with Crippen LogP contribution < -0.4 is 15.2 Å². The number of nitrogens with one attached hydrogen (secondary N) is 1. The van der Waals surface area contributed by atoms with Crippen LogP contribution in [-0.4, -0.2) is 60.6 Å². The summed E-state index contributed by atoms with van der Waals surface area (Å²) in [5, 5.41) is 1.38. The first-order chi connectivity index (χ1) is 21.1. The Morgan fingerprint density at radius 1 is 1.11 bits per heavy atom. The Kier molecular flexibility index (Phi) is 7.96. The molecule has 2 aromatic heterocycles. The fourth-order valence-electron chi connectivity index (χ4n) is 7.11. The number of nitrogens with zero attached hydrogens (tertiary/aromatic N) is 2. The molecule has 1 amide bonds. The number of para-hydroxylation sites is 1. The zero-order valence-electron chi connectivity index (χ0n) is 26.8. The van der Waals surface area contributed by atoms with Gasteiger partial charge in [-0.3, -0.25) is 4.79 Å². The minimum atomic E-state index is -4.14. The second kappa shape index (κ2) is 11.4. The van der Waals surface area contributed by atoms with Crippen molar-refractivity contribution in [3.63, 3.8) is 0 Å². The van der Waals surface area contributed by atoms with E-state index in [2.05, 4.69) is 32.4 Å². The van der Waals surface area contributed by atoms with Crippen LogP contribution in [0.1, 0.15) is 68.4 Å². The molecule has 6 rings (SSSR count). The Labute approximate surface area is 264 Å². The van der Waals surface area contributed by atoms with Crippen LogP contribution in [0.25, 0.3) is 33.3 Å². The van der Waals surface area contributed by atoms with Gasteiger partial charge in [-0.15, -0.1) is 0 Å². The second-order valence-electron chi connectivity index (χ2n) is 13.8. The molecule has 0 radical (unpaired) electrons. The molecule has 2 saturated heterocycles. The van der Waals surface area contributed by atoms with Crippen LogP contribution in [0.4, 0.5) is 0 Å². The van der Waals surface area contributed by atoms with Crippen molar-refractivity contribution in [2.45, 2.75) is 78.0 Å². The SMILES string of the molecule is Cc1c(-c2cc(C(=O)NS(=O)(=O)N3CC[C@H](N)C3)c3c(OCC4CC(C)(C)OC(C)(C)C4)ccc(C)c3n2)oc2ccccc12. The first-order valence-corrected chi connectivity index (χ1v) is 16.9. The molecule has 0 bridgehead atoms. The minimum Gasteiger partial charge on any atom is -0.493 e. The number of carbonyl (C=O) groups is 1. The van der Waals surface area contributed by atoms with Crippen LogP contribution in [0.2, 0.25) is 0 Å². The van der Waals surface area contributed by atoms with Crippen molar-refractivity contribution in [3.8, 4) is 17.2 Å². The van der Waals surface area contributed by atoms with E-state index >= 15 is 0 Å². The van der Waals surface area contributed by atoms with Gasteiger partial charge < -0.3 is 19.6 Å². The number of benzene rings is 2. The number of carbonyl (C=O) groups excluding carboxylic acids is 1. The lowest BCUT2D eigenvalue weighted by atomic mass is 9.81. The Bertz CT molecular complexity index is 1880. The Balaban J connectivity index is 1.45. The van der Waals surface area contributed by atoms with Gasteiger partial charge in [-0.25, -0.2) is 9.71 Å². The van der Waals surface area contributed by atoms with Crippen LogP contribution >= 0.6 is 0 Å². The van der Waals surface area contributed by atoms with Crippen molar-refractivity contribution < 1.29 is 27.1 Å². The van der Waals surface area contributed by atoms with Crippen LogP contribution in [0.5, 0.6) is 5.75 Å². The maximum Gasteiger partial charge on any atom is 0.304 e. The highest BCUT2D eigenvalue weighted by Gasteiger charge is 2.39. The lowest BCUT2D eigenvalue weighted by molar-refractivity contribution is -0.175. The predicted molar refractivity (Wildman–Crippen MR) is 174 cm³/mol. The van der Waals surface area contributed by atoms with Crippen molar-refractivity contribution in [1.29, 1.82) is 0 Å². The van der Waals surface area contributed by atoms with Gasteiger partial charge in [-0.1, -0.05) is 24.3 Å². The Morgan fingerprint density at radius 2 is 1.82 bits per heavy atom. The highest BCUT2D eigenvalue weighted by Crippen LogP contribution is 2.40. The van der Waals surface area contributed by atoms with Crippen LogP contribution in [0, 0.1) is 19.8 Å². The summed E-state index contributed by atoms with van der Waals surface area (Å²) < 4.78 is 49.1. The molecule has 2 aliphatic heterocycles. The zero-order chi connectivity index (χ0) is 32.3. The van der Waals surface area contributed by atoms with Gasteiger partial charge in [-0.2, -0.15) is 12.7 Å². The number of hydrogen-bond donors (Lipinski definition) is 2. The van der Waals surface area contributed by atoms with Crippen molar-refractivity contribution in [2.75, 3.05) is 19.7 Å². The highest BCUT2D eigenvalue weighted by molar-refractivity contribution is 7.87. The summed E-state index contributed by atoms with van der Waals surface area (Å²) >= 11 is 0. The third kappa shape index (κ3) is 6.31. The van der Waals surface area contributed by atoms with E-state index in [1.165, 1.54) is 4.31 Å². The summed E-state index contributed by atoms with van der Waals surface area (Å²) in [5.41, 5.74) is 8.83. The lowest BCUT2D eigenvalue weighted by Crippen LogP contribution is -2.46. The third-order valence-electron chi connectivity index (χ3n) is 8.78. The van der Waals surface area contributed by atoms with E-state index in [1.54, 1.807) is 6.07 Å². The van der Waals surface area contributed by atoms with Crippen molar-refractivity contribution in [1.82, 2.24) is 14.0 Å². The summed E-state index contributed by atoms with van der Waals surface area (Å²) in [6.45, 7) is 13.0. The summed E-state index contributed by atoms with van der Waals surface area (Å²) in [7, 11) is -4.14. The van der Waals surface area contributed by atoms with Crippen LogP contribution in [-0.2, 0) is 14.9 Å². The molecule has 0 saturated carbocycles. The maximum atomic E-state index is 14.0. The van der Waals surface area contributed by atoms with E-state index in [4.69, 9.17) is 24.6 Å². The number of fused-ring (bicyclic) bond motifs is 2. The third-order valence-corrected chi connectivity index (χ3v) is 10.2. The number of aromatic nitrogens is 1. The molecule has 4 aromatic rings. The number of hydrogen-bond acceptors (Lipinski definition) is 8. The quantitative estimate of drug-likeness (QED) is 0.267. The number of rotatable bonds is 7. The van der Waals surface area contributed by atoms with E-state index in [0.717, 1.165) is 29.4 Å². The van der Waals surface area contributed by atoms with E-state index < -0.39 is 16.1 Å². The summed E-state index contributed by atoms with van der Waals surface area (Å²) in [5.74, 6) is 0.408. The predicted octanol–water partition coefficient (Wildman–Crippen LogP) is 5.64. The lowest BCUT2D eigenvalue weighted by Gasteiger charge is -2.45. The van der Waals surface area contributed by atoms with E-state index in [-0.39, 0.29) is 41.8 Å². The van der Waals surface area contributed by atoms with Gasteiger partial charge in [0.15, 0.2) is 5.76 Å². The number of pyridine rings is 1. The average Bonchev–Trinajstić information content (AvgIpc) is 3.54. The van der Waals surface area contributed by atoms with Crippen LogP contribution in [0.15, 0.2) is 46.9 Å². The molecule has 0 unspecified atom stereocenters. The van der Waals surface area contributed by atoms with Gasteiger partial charge in [0.2, 0.25) is 0 Å². The summed E-state index contributed by atoms with van der Waals surface area (Å²) in [6.07, 6.45) is 2.16. The molecule has 240 valence electrons. The molecular formula is C34H42N4O6S. The van der Waals surface area contributed by atoms with Gasteiger partial charge in [0, 0.05) is 30.1 Å². The number of nitrogens with two attached hydrogens (primary N) is 1. The monoisotopic (exact) mass is 634 g/mol. The average molecular weight is 635 g/mol. The smallest absolute Gasteiger partial charge is 0.304 e. The molecule has 2 aliphatic rings. The largest absolute Gasteiger partial charge is 0.493 e. The van der Waals surface area contributed by atoms with Gasteiger partial charge >= 0.3 is 10.2 Å². The molecule has 2 fully saturated rings. The molecule has 2 aromatic carbocycles. The minimum absolute atomic E-state index is 0.133. The standard InChI is InChI=1S/C34H42N4O6S/c1-20-11-12-28(42-19-22-16-33(3,4)44-34(5,6)17-22)29-25(32(39)37-45(40,41)38-14-13-23(35)18-38)15-26(36-30(20)29)31-21(2)24-9-7-8-10-27(24)43-31/h7-12,15,22-23H,13-14,16-19,35H2,1-6H3,(H,37,39)/t23-/m0/s1. The van der Waals surface area contributed by atoms with E-state index in [9.17, 15) is 13.2 Å². The fraction of sp³-hybridized carbons (Fsp3) is 0.471. The molecule has 11 heteroatoms. The highest BCUT2D eigenvalue weighted by atomic mass is 32.2. The van der Waals surface area contributed by atoms with Gasteiger partial charge in [0.25, 0.3) is 5.91 Å². The molecule has 45 heavy (non-hydrogen) atoms. The number of aryl methyl sites for hydroxylation is 2. The van der Waals surface area contributed by atoms with Crippen molar-refractivity contribution in [2.24, 2.45) is 11.7 Å². The number of furan rings is 1. The zero-order valence-corrected chi connectivity index (χ0v) is 27.6.